The van der Waals surface area contributed by atoms with Crippen molar-refractivity contribution in [3.63, 3.8) is 0 Å². The van der Waals surface area contributed by atoms with Gasteiger partial charge in [0.1, 0.15) is 11.5 Å². The van der Waals surface area contributed by atoms with Gasteiger partial charge in [0, 0.05) is 82.5 Å². The van der Waals surface area contributed by atoms with E-state index in [9.17, 15) is 21.6 Å². The Balaban J connectivity index is 1.35. The van der Waals surface area contributed by atoms with Crippen LogP contribution >= 0.6 is 0 Å². The molecule has 2 saturated heterocycles. The van der Waals surface area contributed by atoms with Crippen molar-refractivity contribution in [3.8, 4) is 11.4 Å². The molecule has 2 aliphatic heterocycles. The molecule has 17 heteroatoms. The number of fused-ring (bicyclic) bond motifs is 1. The molecular formula is C31H42N10O5S2. The highest BCUT2D eigenvalue weighted by atomic mass is 32.2. The number of aromatic nitrogens is 5. The Morgan fingerprint density at radius 1 is 1.00 bits per heavy atom. The maximum Gasteiger partial charge on any atom is 0.263 e. The second kappa shape index (κ2) is 13.5. The average Bonchev–Trinajstić information content (AvgIpc) is 3.46. The summed E-state index contributed by atoms with van der Waals surface area (Å²) < 4.78 is 55.5. The number of nitrogens with zero attached hydrogens (tertiary/aromatic N) is 8. The number of likely N-dealkylation sites (N-methyl/N-ethyl adjacent to an activating group) is 1. The highest BCUT2D eigenvalue weighted by Gasteiger charge is 2.33. The van der Waals surface area contributed by atoms with Gasteiger partial charge in [0.05, 0.1) is 17.1 Å². The fraction of sp³-hybridized carbons (Fsp3) is 0.484. The number of imidazole rings is 1. The van der Waals surface area contributed by atoms with E-state index in [-0.39, 0.29) is 35.5 Å². The van der Waals surface area contributed by atoms with E-state index in [0.29, 0.717) is 37.0 Å². The molecule has 0 saturated carbocycles. The van der Waals surface area contributed by atoms with Crippen molar-refractivity contribution >= 4 is 48.2 Å². The highest BCUT2D eigenvalue weighted by Crippen LogP contribution is 2.27. The minimum Gasteiger partial charge on any atom is -0.369 e. The summed E-state index contributed by atoms with van der Waals surface area (Å²) in [5, 5.41) is 6.45. The molecule has 0 amide bonds. The van der Waals surface area contributed by atoms with Crippen LogP contribution in [0.4, 0.5) is 17.3 Å². The molecule has 258 valence electrons. The number of hydrogen-bond acceptors (Lipinski definition) is 12. The van der Waals surface area contributed by atoms with Crippen molar-refractivity contribution in [3.05, 3.63) is 53.1 Å². The molecule has 0 unspecified atom stereocenters. The molecule has 48 heavy (non-hydrogen) atoms. The van der Waals surface area contributed by atoms with Crippen LogP contribution < -0.4 is 21.1 Å². The van der Waals surface area contributed by atoms with Crippen molar-refractivity contribution in [1.82, 2.24) is 38.6 Å². The van der Waals surface area contributed by atoms with E-state index < -0.39 is 30.7 Å². The standard InChI is InChI=1S/C31H42N10O5S2/c1-37-13-9-25(10-14-37)48(45,46)27-21-38(2)29(35-27)26-19-22-20-33-31(34-23-5-7-24(8-6-23)40-15-11-32-12-16-40)36-28(22)41(30(26)42)18-17-39(3)47(4,43)44/h5-8,19-21,25,32H,9-18H2,1-4H3,(H,33,34,36). The number of rotatable bonds is 10. The molecule has 2 fully saturated rings. The maximum absolute atomic E-state index is 14.1. The summed E-state index contributed by atoms with van der Waals surface area (Å²) in [7, 11) is -2.18. The number of sulfone groups is 1. The molecular weight excluding hydrogens is 657 g/mol. The van der Waals surface area contributed by atoms with E-state index in [4.69, 9.17) is 0 Å². The minimum absolute atomic E-state index is 0.00619. The zero-order valence-corrected chi connectivity index (χ0v) is 29.3. The van der Waals surface area contributed by atoms with Crippen LogP contribution in [0.1, 0.15) is 12.8 Å². The Morgan fingerprint density at radius 2 is 1.69 bits per heavy atom. The van der Waals surface area contributed by atoms with Crippen LogP contribution in [0, 0.1) is 0 Å². The van der Waals surface area contributed by atoms with Crippen LogP contribution in [-0.2, 0) is 33.5 Å². The Labute approximate surface area is 280 Å². The summed E-state index contributed by atoms with van der Waals surface area (Å²) in [6, 6.07) is 9.56. The molecule has 1 aromatic carbocycles. The van der Waals surface area contributed by atoms with Gasteiger partial charge < -0.3 is 25.0 Å². The maximum atomic E-state index is 14.1. The third kappa shape index (κ3) is 7.10. The average molecular weight is 699 g/mol. The van der Waals surface area contributed by atoms with Gasteiger partial charge in [0.25, 0.3) is 5.56 Å². The summed E-state index contributed by atoms with van der Waals surface area (Å²) in [4.78, 5) is 32.2. The SMILES string of the molecule is CN1CCC(S(=O)(=O)c2cn(C)c(-c3cc4cnc(Nc5ccc(N6CCNCC6)cc5)nc4n(CCN(C)S(C)(=O)=O)c3=O)n2)CC1. The first-order valence-corrected chi connectivity index (χ1v) is 19.3. The van der Waals surface area contributed by atoms with Crippen molar-refractivity contribution in [2.75, 3.05) is 76.4 Å². The Kier molecular flexibility index (Phi) is 9.59. The van der Waals surface area contributed by atoms with E-state index in [1.165, 1.54) is 22.4 Å². The molecule has 2 aliphatic rings. The number of piperazine rings is 1. The second-order valence-corrected chi connectivity index (χ2v) is 16.8. The van der Waals surface area contributed by atoms with Gasteiger partial charge in [-0.05, 0) is 63.3 Å². The van der Waals surface area contributed by atoms with Crippen LogP contribution in [0.15, 0.2) is 52.5 Å². The highest BCUT2D eigenvalue weighted by molar-refractivity contribution is 7.92. The Hall–Kier alpha value is -3.90. The number of nitrogens with one attached hydrogen (secondary N) is 2. The quantitative estimate of drug-likeness (QED) is 0.243. The Bertz CT molecular complexity index is 2070. The lowest BCUT2D eigenvalue weighted by Crippen LogP contribution is -2.43. The summed E-state index contributed by atoms with van der Waals surface area (Å²) in [5.41, 5.74) is 1.86. The van der Waals surface area contributed by atoms with Crippen molar-refractivity contribution < 1.29 is 16.8 Å². The summed E-state index contributed by atoms with van der Waals surface area (Å²) in [6.45, 7) is 5.10. The first kappa shape index (κ1) is 34.0. The molecule has 0 spiro atoms. The van der Waals surface area contributed by atoms with Crippen LogP contribution in [0.2, 0.25) is 0 Å². The molecule has 0 aliphatic carbocycles. The molecule has 15 nitrogen and oxygen atoms in total. The van der Waals surface area contributed by atoms with Crippen molar-refractivity contribution in [2.24, 2.45) is 7.05 Å². The van der Waals surface area contributed by atoms with Gasteiger partial charge in [-0.25, -0.2) is 31.1 Å². The number of piperidine rings is 1. The van der Waals surface area contributed by atoms with Crippen molar-refractivity contribution in [1.29, 1.82) is 0 Å². The van der Waals surface area contributed by atoms with Crippen molar-refractivity contribution in [2.45, 2.75) is 29.7 Å². The molecule has 0 radical (unpaired) electrons. The van der Waals surface area contributed by atoms with E-state index >= 15 is 0 Å². The van der Waals surface area contributed by atoms with E-state index in [1.54, 1.807) is 19.3 Å². The number of pyridine rings is 1. The van der Waals surface area contributed by atoms with E-state index in [2.05, 4.69) is 35.4 Å². The summed E-state index contributed by atoms with van der Waals surface area (Å²) >= 11 is 0. The first-order valence-electron chi connectivity index (χ1n) is 15.9. The smallest absolute Gasteiger partial charge is 0.263 e. The van der Waals surface area contributed by atoms with Gasteiger partial charge in [0.2, 0.25) is 16.0 Å². The number of anilines is 3. The molecule has 6 rings (SSSR count). The molecule has 0 atom stereocenters. The molecule has 5 heterocycles. The van der Waals surface area contributed by atoms with Gasteiger partial charge >= 0.3 is 0 Å². The largest absolute Gasteiger partial charge is 0.369 e. The summed E-state index contributed by atoms with van der Waals surface area (Å²) in [6.07, 6.45) is 5.15. The number of aryl methyl sites for hydroxylation is 1. The predicted molar refractivity (Wildman–Crippen MR) is 186 cm³/mol. The monoisotopic (exact) mass is 698 g/mol. The normalized spacial score (nSPS) is 17.0. The first-order chi connectivity index (χ1) is 22.8. The molecule has 2 N–H and O–H groups in total. The second-order valence-electron chi connectivity index (χ2n) is 12.5. The summed E-state index contributed by atoms with van der Waals surface area (Å²) in [5.74, 6) is 0.448. The fourth-order valence-corrected chi connectivity index (χ4v) is 8.20. The van der Waals surface area contributed by atoms with Gasteiger partial charge in [-0.15, -0.1) is 0 Å². The van der Waals surface area contributed by atoms with Gasteiger partial charge in [-0.1, -0.05) is 0 Å². The van der Waals surface area contributed by atoms with Crippen LogP contribution in [0.5, 0.6) is 0 Å². The number of benzene rings is 1. The molecule has 3 aromatic heterocycles. The van der Waals surface area contributed by atoms with Crippen LogP contribution in [-0.4, -0.2) is 122 Å². The van der Waals surface area contributed by atoms with Gasteiger partial charge in [-0.2, -0.15) is 4.98 Å². The zero-order valence-electron chi connectivity index (χ0n) is 27.6. The number of hydrogen-bond donors (Lipinski definition) is 2. The van der Waals surface area contributed by atoms with Gasteiger partial charge in [-0.3, -0.25) is 9.36 Å². The van der Waals surface area contributed by atoms with E-state index in [1.807, 2.05) is 31.3 Å². The lowest BCUT2D eigenvalue weighted by Gasteiger charge is -2.29. The Morgan fingerprint density at radius 3 is 2.35 bits per heavy atom. The predicted octanol–water partition coefficient (Wildman–Crippen LogP) is 1.10. The van der Waals surface area contributed by atoms with Gasteiger partial charge in [0.15, 0.2) is 14.9 Å². The lowest BCUT2D eigenvalue weighted by molar-refractivity contribution is 0.277. The van der Waals surface area contributed by atoms with E-state index in [0.717, 1.165) is 48.1 Å². The number of sulfonamides is 1. The number of likely N-dealkylation sites (tertiary alicyclic amines) is 1. The topological polar surface area (TPSA) is 168 Å². The third-order valence-electron chi connectivity index (χ3n) is 9.13. The minimum atomic E-state index is -3.72. The van der Waals surface area contributed by atoms with Crippen LogP contribution in [0.3, 0.4) is 0 Å². The molecule has 4 aromatic rings. The van der Waals surface area contributed by atoms with Crippen LogP contribution in [0.25, 0.3) is 22.4 Å². The third-order valence-corrected chi connectivity index (χ3v) is 12.6. The lowest BCUT2D eigenvalue weighted by atomic mass is 10.1. The fourth-order valence-electron chi connectivity index (χ4n) is 6.09. The molecule has 0 bridgehead atoms. The zero-order chi connectivity index (χ0) is 34.2.